The van der Waals surface area contributed by atoms with E-state index in [0.29, 0.717) is 32.5 Å². The number of aromatic nitrogens is 2. The molecule has 1 fully saturated rings. The third-order valence-electron chi connectivity index (χ3n) is 4.76. The van der Waals surface area contributed by atoms with Crippen molar-refractivity contribution in [1.29, 1.82) is 0 Å². The first kappa shape index (κ1) is 20.4. The zero-order valence-electron chi connectivity index (χ0n) is 15.4. The number of anilines is 1. The van der Waals surface area contributed by atoms with E-state index in [-0.39, 0.29) is 17.6 Å². The summed E-state index contributed by atoms with van der Waals surface area (Å²) < 4.78 is 38.4. The molecule has 3 rings (SSSR count). The second-order valence-electron chi connectivity index (χ2n) is 6.59. The minimum absolute atomic E-state index is 0.0211. The molecule has 9 heteroatoms. The van der Waals surface area contributed by atoms with Crippen LogP contribution in [0.25, 0.3) is 0 Å². The van der Waals surface area contributed by atoms with Gasteiger partial charge in [-0.15, -0.1) is 11.8 Å². The van der Waals surface area contributed by atoms with Crippen molar-refractivity contribution in [1.82, 2.24) is 15.3 Å². The Morgan fingerprint density at radius 3 is 2.50 bits per heavy atom. The number of benzene rings is 1. The molecule has 2 heterocycles. The second-order valence-corrected chi connectivity index (χ2v) is 7.47. The maximum absolute atomic E-state index is 12.8. The van der Waals surface area contributed by atoms with Gasteiger partial charge in [0.1, 0.15) is 17.8 Å². The lowest BCUT2D eigenvalue weighted by molar-refractivity contribution is -0.141. The highest BCUT2D eigenvalue weighted by Crippen LogP contribution is 2.30. The summed E-state index contributed by atoms with van der Waals surface area (Å²) >= 11 is 1.66. The zero-order chi connectivity index (χ0) is 20.1. The maximum Gasteiger partial charge on any atom is 0.433 e. The van der Waals surface area contributed by atoms with Crippen molar-refractivity contribution in [3.8, 4) is 0 Å². The van der Waals surface area contributed by atoms with Gasteiger partial charge in [-0.1, -0.05) is 12.1 Å². The van der Waals surface area contributed by atoms with E-state index >= 15 is 0 Å². The van der Waals surface area contributed by atoms with Crippen LogP contribution in [0, 0.1) is 5.92 Å². The van der Waals surface area contributed by atoms with Crippen LogP contribution in [0.5, 0.6) is 0 Å². The molecule has 0 atom stereocenters. The predicted octanol–water partition coefficient (Wildman–Crippen LogP) is 3.75. The highest BCUT2D eigenvalue weighted by atomic mass is 32.2. The van der Waals surface area contributed by atoms with Gasteiger partial charge in [-0.3, -0.25) is 4.79 Å². The van der Waals surface area contributed by atoms with Crippen LogP contribution in [-0.4, -0.2) is 35.2 Å². The molecule has 1 aromatic heterocycles. The molecule has 1 aromatic carbocycles. The minimum Gasteiger partial charge on any atom is -0.356 e. The molecule has 0 spiro atoms. The van der Waals surface area contributed by atoms with E-state index in [2.05, 4.69) is 15.3 Å². The van der Waals surface area contributed by atoms with Crippen LogP contribution in [0.15, 0.2) is 41.6 Å². The average Bonchev–Trinajstić information content (AvgIpc) is 2.72. The number of nitrogens with zero attached hydrogens (tertiary/aromatic N) is 3. The van der Waals surface area contributed by atoms with E-state index in [9.17, 15) is 18.0 Å². The summed E-state index contributed by atoms with van der Waals surface area (Å²) in [5.74, 6) is 0.0768. The minimum atomic E-state index is -4.50. The summed E-state index contributed by atoms with van der Waals surface area (Å²) in [6, 6.07) is 8.96. The van der Waals surface area contributed by atoms with E-state index in [4.69, 9.17) is 0 Å². The number of amides is 1. The first-order valence-corrected chi connectivity index (χ1v) is 10.1. The van der Waals surface area contributed by atoms with Crippen LogP contribution in [-0.2, 0) is 17.5 Å². The number of hydrogen-bond donors (Lipinski definition) is 1. The number of hydrogen-bond acceptors (Lipinski definition) is 5. The molecular weight excluding hydrogens is 389 g/mol. The summed E-state index contributed by atoms with van der Waals surface area (Å²) in [6.07, 6.45) is -0.414. The van der Waals surface area contributed by atoms with Crippen LogP contribution < -0.4 is 10.2 Å². The average molecular weight is 410 g/mol. The lowest BCUT2D eigenvalue weighted by Gasteiger charge is -2.32. The van der Waals surface area contributed by atoms with Gasteiger partial charge in [0.2, 0.25) is 5.91 Å². The molecule has 28 heavy (non-hydrogen) atoms. The van der Waals surface area contributed by atoms with Gasteiger partial charge in [-0.05, 0) is 36.8 Å². The van der Waals surface area contributed by atoms with Crippen molar-refractivity contribution in [2.24, 2.45) is 5.92 Å². The lowest BCUT2D eigenvalue weighted by Crippen LogP contribution is -2.40. The lowest BCUT2D eigenvalue weighted by atomic mass is 9.96. The summed E-state index contributed by atoms with van der Waals surface area (Å²) in [4.78, 5) is 22.6. The molecule has 5 nitrogen and oxygen atoms in total. The molecule has 2 aromatic rings. The highest BCUT2D eigenvalue weighted by molar-refractivity contribution is 7.98. The quantitative estimate of drug-likeness (QED) is 0.761. The van der Waals surface area contributed by atoms with Crippen LogP contribution >= 0.6 is 11.8 Å². The van der Waals surface area contributed by atoms with Crippen molar-refractivity contribution in [2.75, 3.05) is 24.2 Å². The van der Waals surface area contributed by atoms with Gasteiger partial charge in [0.05, 0.1) is 0 Å². The van der Waals surface area contributed by atoms with E-state index < -0.39 is 11.9 Å². The van der Waals surface area contributed by atoms with E-state index in [0.717, 1.165) is 18.0 Å². The van der Waals surface area contributed by atoms with Gasteiger partial charge in [0.15, 0.2) is 0 Å². The van der Waals surface area contributed by atoms with Crippen molar-refractivity contribution in [2.45, 2.75) is 30.5 Å². The Hall–Kier alpha value is -2.29. The largest absolute Gasteiger partial charge is 0.433 e. The molecule has 0 unspecified atom stereocenters. The molecule has 1 amide bonds. The fourth-order valence-electron chi connectivity index (χ4n) is 3.12. The van der Waals surface area contributed by atoms with Gasteiger partial charge in [0.25, 0.3) is 0 Å². The number of carbonyl (C=O) groups is 1. The Morgan fingerprint density at radius 2 is 1.89 bits per heavy atom. The van der Waals surface area contributed by atoms with E-state index in [1.165, 1.54) is 4.90 Å². The Morgan fingerprint density at radius 1 is 1.21 bits per heavy atom. The van der Waals surface area contributed by atoms with Gasteiger partial charge in [-0.25, -0.2) is 9.97 Å². The third kappa shape index (κ3) is 5.15. The Kier molecular flexibility index (Phi) is 6.43. The molecular formula is C19H21F3N4OS. The van der Waals surface area contributed by atoms with Crippen molar-refractivity contribution >= 4 is 23.5 Å². The normalized spacial score (nSPS) is 15.5. The maximum atomic E-state index is 12.8. The van der Waals surface area contributed by atoms with Crippen LogP contribution in [0.1, 0.15) is 24.1 Å². The monoisotopic (exact) mass is 410 g/mol. The van der Waals surface area contributed by atoms with Gasteiger partial charge in [0, 0.05) is 36.5 Å². The fourth-order valence-corrected chi connectivity index (χ4v) is 3.53. The van der Waals surface area contributed by atoms with Gasteiger partial charge in [-0.2, -0.15) is 13.2 Å². The van der Waals surface area contributed by atoms with Crippen LogP contribution in [0.4, 0.5) is 19.0 Å². The number of thioether (sulfide) groups is 1. The van der Waals surface area contributed by atoms with Crippen LogP contribution in [0.2, 0.25) is 0 Å². The number of alkyl halides is 3. The zero-order valence-corrected chi connectivity index (χ0v) is 16.2. The second kappa shape index (κ2) is 8.81. The van der Waals surface area contributed by atoms with Crippen LogP contribution in [0.3, 0.4) is 0 Å². The third-order valence-corrected chi connectivity index (χ3v) is 5.50. The van der Waals surface area contributed by atoms with Crippen molar-refractivity contribution in [3.05, 3.63) is 47.9 Å². The first-order chi connectivity index (χ1) is 13.4. The Balaban J connectivity index is 1.51. The SMILES string of the molecule is CSc1ccc(CNC(=O)C2CCN(c3cc(C(F)(F)F)ncn3)CC2)cc1. The molecule has 1 aliphatic rings. The molecule has 0 aliphatic carbocycles. The molecule has 0 radical (unpaired) electrons. The number of nitrogens with one attached hydrogen (secondary N) is 1. The van der Waals surface area contributed by atoms with Gasteiger partial charge >= 0.3 is 6.18 Å². The number of halogens is 3. The molecule has 150 valence electrons. The number of carbonyl (C=O) groups excluding carboxylic acids is 1. The summed E-state index contributed by atoms with van der Waals surface area (Å²) in [5.41, 5.74) is 0.0779. The molecule has 1 aliphatic heterocycles. The van der Waals surface area contributed by atoms with Crippen molar-refractivity contribution in [3.63, 3.8) is 0 Å². The summed E-state index contributed by atoms with van der Waals surface area (Å²) in [7, 11) is 0. The Bertz CT molecular complexity index is 806. The number of piperidine rings is 1. The van der Waals surface area contributed by atoms with E-state index in [1.807, 2.05) is 30.5 Å². The Labute approximate surface area is 165 Å². The summed E-state index contributed by atoms with van der Waals surface area (Å²) in [6.45, 7) is 1.43. The first-order valence-electron chi connectivity index (χ1n) is 8.91. The molecule has 1 N–H and O–H groups in total. The fraction of sp³-hybridized carbons (Fsp3) is 0.421. The highest BCUT2D eigenvalue weighted by Gasteiger charge is 2.34. The topological polar surface area (TPSA) is 58.1 Å². The van der Waals surface area contributed by atoms with Gasteiger partial charge < -0.3 is 10.2 Å². The summed E-state index contributed by atoms with van der Waals surface area (Å²) in [5, 5.41) is 2.95. The molecule has 0 bridgehead atoms. The molecule has 0 saturated carbocycles. The predicted molar refractivity (Wildman–Crippen MR) is 102 cm³/mol. The smallest absolute Gasteiger partial charge is 0.356 e. The standard InChI is InChI=1S/C19H21F3N4OS/c1-28-15-4-2-13(3-5-15)11-23-18(27)14-6-8-26(9-7-14)17-10-16(19(20,21)22)24-12-25-17/h2-5,10,12,14H,6-9,11H2,1H3,(H,23,27). The van der Waals surface area contributed by atoms with E-state index in [1.54, 1.807) is 16.7 Å². The van der Waals surface area contributed by atoms with Crippen molar-refractivity contribution < 1.29 is 18.0 Å². The number of rotatable bonds is 5. The molecule has 1 saturated heterocycles.